The fourth-order valence-corrected chi connectivity index (χ4v) is 2.08. The third-order valence-corrected chi connectivity index (χ3v) is 3.64. The lowest BCUT2D eigenvalue weighted by Gasteiger charge is -2.11. The molecule has 0 spiro atoms. The maximum Gasteiger partial charge on any atom is 0.123 e. The SMILES string of the molecule is Fc1ccc(C(Cl)c2ccc(Cl)c(Cl)c2)cc1. The molecule has 0 aliphatic rings. The highest BCUT2D eigenvalue weighted by Crippen LogP contribution is 2.32. The molecule has 0 fully saturated rings. The molecule has 0 amide bonds. The molecule has 17 heavy (non-hydrogen) atoms. The summed E-state index contributed by atoms with van der Waals surface area (Å²) in [6.45, 7) is 0. The Kier molecular flexibility index (Phi) is 3.93. The van der Waals surface area contributed by atoms with Crippen LogP contribution in [0.4, 0.5) is 4.39 Å². The fraction of sp³-hybridized carbons (Fsp3) is 0.0769. The Bertz CT molecular complexity index is 523. The topological polar surface area (TPSA) is 0 Å². The average molecular weight is 290 g/mol. The highest BCUT2D eigenvalue weighted by Gasteiger charge is 2.12. The number of hydrogen-bond donors (Lipinski definition) is 0. The van der Waals surface area contributed by atoms with E-state index in [1.807, 2.05) is 0 Å². The van der Waals surface area contributed by atoms with Gasteiger partial charge in [-0.3, -0.25) is 0 Å². The Labute approximate surface area is 114 Å². The normalized spacial score (nSPS) is 12.5. The van der Waals surface area contributed by atoms with E-state index in [0.29, 0.717) is 10.0 Å². The average Bonchev–Trinajstić information content (AvgIpc) is 2.33. The van der Waals surface area contributed by atoms with Crippen molar-refractivity contribution in [2.24, 2.45) is 0 Å². The van der Waals surface area contributed by atoms with Gasteiger partial charge in [-0.15, -0.1) is 11.6 Å². The largest absolute Gasteiger partial charge is 0.207 e. The van der Waals surface area contributed by atoms with Gasteiger partial charge in [0, 0.05) is 0 Å². The smallest absolute Gasteiger partial charge is 0.123 e. The van der Waals surface area contributed by atoms with Gasteiger partial charge in [-0.05, 0) is 35.4 Å². The van der Waals surface area contributed by atoms with Crippen LogP contribution in [0.2, 0.25) is 10.0 Å². The number of halogens is 4. The second kappa shape index (κ2) is 5.26. The molecule has 0 aliphatic carbocycles. The highest BCUT2D eigenvalue weighted by molar-refractivity contribution is 6.42. The van der Waals surface area contributed by atoms with E-state index in [2.05, 4.69) is 0 Å². The summed E-state index contributed by atoms with van der Waals surface area (Å²) in [5.74, 6) is -0.285. The van der Waals surface area contributed by atoms with Crippen molar-refractivity contribution in [1.82, 2.24) is 0 Å². The predicted octanol–water partition coefficient (Wildman–Crippen LogP) is 5.46. The molecule has 0 aromatic heterocycles. The third kappa shape index (κ3) is 2.92. The summed E-state index contributed by atoms with van der Waals surface area (Å²) < 4.78 is 12.8. The molecule has 0 saturated heterocycles. The van der Waals surface area contributed by atoms with Crippen LogP contribution in [0.1, 0.15) is 16.5 Å². The maximum absolute atomic E-state index is 12.8. The van der Waals surface area contributed by atoms with Crippen molar-refractivity contribution in [3.05, 3.63) is 69.5 Å². The lowest BCUT2D eigenvalue weighted by Crippen LogP contribution is -1.93. The molecule has 1 atom stereocenters. The first-order valence-corrected chi connectivity index (χ1v) is 6.11. The molecule has 0 heterocycles. The van der Waals surface area contributed by atoms with Crippen LogP contribution in [0.25, 0.3) is 0 Å². The van der Waals surface area contributed by atoms with Gasteiger partial charge in [0.15, 0.2) is 0 Å². The number of rotatable bonds is 2. The summed E-state index contributed by atoms with van der Waals surface area (Å²) in [4.78, 5) is 0. The summed E-state index contributed by atoms with van der Waals surface area (Å²) in [6.07, 6.45) is 0. The van der Waals surface area contributed by atoms with Gasteiger partial charge in [-0.2, -0.15) is 0 Å². The standard InChI is InChI=1S/C13H8Cl3F/c14-11-6-3-9(7-12(11)15)13(16)8-1-4-10(17)5-2-8/h1-7,13H. The second-order valence-electron chi connectivity index (χ2n) is 3.59. The zero-order chi connectivity index (χ0) is 12.4. The van der Waals surface area contributed by atoms with Gasteiger partial charge in [0.05, 0.1) is 15.4 Å². The molecule has 0 aliphatic heterocycles. The number of hydrogen-bond acceptors (Lipinski definition) is 0. The molecule has 0 saturated carbocycles. The highest BCUT2D eigenvalue weighted by atomic mass is 35.5. The van der Waals surface area contributed by atoms with Crippen LogP contribution in [0.3, 0.4) is 0 Å². The van der Waals surface area contributed by atoms with E-state index < -0.39 is 0 Å². The van der Waals surface area contributed by atoms with Crippen LogP contribution in [0.5, 0.6) is 0 Å². The van der Waals surface area contributed by atoms with Crippen molar-refractivity contribution < 1.29 is 4.39 Å². The second-order valence-corrected chi connectivity index (χ2v) is 4.84. The third-order valence-electron chi connectivity index (χ3n) is 2.40. The Hall–Kier alpha value is -0.760. The van der Waals surface area contributed by atoms with Crippen LogP contribution < -0.4 is 0 Å². The van der Waals surface area contributed by atoms with Gasteiger partial charge < -0.3 is 0 Å². The van der Waals surface area contributed by atoms with E-state index in [1.54, 1.807) is 30.3 Å². The summed E-state index contributed by atoms with van der Waals surface area (Å²) in [6, 6.07) is 11.3. The lowest BCUT2D eigenvalue weighted by atomic mass is 10.0. The minimum Gasteiger partial charge on any atom is -0.207 e. The molecule has 0 radical (unpaired) electrons. The van der Waals surface area contributed by atoms with Gasteiger partial charge in [0.1, 0.15) is 5.82 Å². The van der Waals surface area contributed by atoms with Crippen molar-refractivity contribution in [2.45, 2.75) is 5.38 Å². The van der Waals surface area contributed by atoms with Crippen LogP contribution >= 0.6 is 34.8 Å². The van der Waals surface area contributed by atoms with Crippen LogP contribution in [0, 0.1) is 5.82 Å². The van der Waals surface area contributed by atoms with Gasteiger partial charge in [-0.1, -0.05) is 41.4 Å². The molecule has 0 N–H and O–H groups in total. The van der Waals surface area contributed by atoms with E-state index in [1.165, 1.54) is 12.1 Å². The lowest BCUT2D eigenvalue weighted by molar-refractivity contribution is 0.627. The zero-order valence-electron chi connectivity index (χ0n) is 8.63. The van der Waals surface area contributed by atoms with Gasteiger partial charge in [-0.25, -0.2) is 4.39 Å². The minimum absolute atomic E-state index is 0.285. The fourth-order valence-electron chi connectivity index (χ4n) is 1.49. The molecule has 88 valence electrons. The monoisotopic (exact) mass is 288 g/mol. The molecular weight excluding hydrogens is 282 g/mol. The van der Waals surface area contributed by atoms with E-state index >= 15 is 0 Å². The van der Waals surface area contributed by atoms with Gasteiger partial charge >= 0.3 is 0 Å². The molecule has 0 bridgehead atoms. The summed E-state index contributed by atoms with van der Waals surface area (Å²) in [7, 11) is 0. The van der Waals surface area contributed by atoms with Crippen molar-refractivity contribution in [3.63, 3.8) is 0 Å². The maximum atomic E-state index is 12.8. The van der Waals surface area contributed by atoms with E-state index in [-0.39, 0.29) is 11.2 Å². The van der Waals surface area contributed by atoms with E-state index in [9.17, 15) is 4.39 Å². The van der Waals surface area contributed by atoms with Crippen LogP contribution in [0.15, 0.2) is 42.5 Å². The molecule has 2 aromatic carbocycles. The summed E-state index contributed by atoms with van der Waals surface area (Å²) in [5.41, 5.74) is 1.64. The van der Waals surface area contributed by atoms with Gasteiger partial charge in [0.25, 0.3) is 0 Å². The minimum atomic E-state index is -0.370. The van der Waals surface area contributed by atoms with E-state index in [4.69, 9.17) is 34.8 Å². The summed E-state index contributed by atoms with van der Waals surface area (Å²) >= 11 is 18.0. The molecule has 2 aromatic rings. The molecule has 4 heteroatoms. The quantitative estimate of drug-likeness (QED) is 0.644. The zero-order valence-corrected chi connectivity index (χ0v) is 10.9. The Morgan fingerprint density at radius 1 is 0.824 bits per heavy atom. The van der Waals surface area contributed by atoms with Crippen molar-refractivity contribution >= 4 is 34.8 Å². The first kappa shape index (κ1) is 12.7. The first-order chi connectivity index (χ1) is 8.08. The Balaban J connectivity index is 2.33. The van der Waals surface area contributed by atoms with Crippen molar-refractivity contribution in [2.75, 3.05) is 0 Å². The van der Waals surface area contributed by atoms with Gasteiger partial charge in [0.2, 0.25) is 0 Å². The Morgan fingerprint density at radius 3 is 2.00 bits per heavy atom. The van der Waals surface area contributed by atoms with Crippen molar-refractivity contribution in [3.8, 4) is 0 Å². The predicted molar refractivity (Wildman–Crippen MR) is 70.6 cm³/mol. The summed E-state index contributed by atoms with van der Waals surface area (Å²) in [5, 5.41) is 0.570. The Morgan fingerprint density at radius 2 is 1.41 bits per heavy atom. The number of benzene rings is 2. The number of alkyl halides is 1. The molecule has 2 rings (SSSR count). The van der Waals surface area contributed by atoms with Crippen LogP contribution in [-0.2, 0) is 0 Å². The van der Waals surface area contributed by atoms with E-state index in [0.717, 1.165) is 11.1 Å². The molecule has 0 nitrogen and oxygen atoms in total. The first-order valence-electron chi connectivity index (χ1n) is 4.92. The molecule has 1 unspecified atom stereocenters. The van der Waals surface area contributed by atoms with Crippen LogP contribution in [-0.4, -0.2) is 0 Å². The molecular formula is C13H8Cl3F. The van der Waals surface area contributed by atoms with Crippen molar-refractivity contribution in [1.29, 1.82) is 0 Å².